The van der Waals surface area contributed by atoms with Gasteiger partial charge in [0.25, 0.3) is 0 Å². The average molecular weight is 488 g/mol. The highest BCUT2D eigenvalue weighted by atomic mass is 79.9. The number of phenols is 2. The largest absolute Gasteiger partial charge is 0.507 e. The Bertz CT molecular complexity index is 1220. The Balaban J connectivity index is 1.69. The number of thiazole rings is 1. The average Bonchev–Trinajstić information content (AvgIpc) is 3.14. The minimum Gasteiger partial charge on any atom is -0.507 e. The van der Waals surface area contributed by atoms with E-state index >= 15 is 0 Å². The van der Waals surface area contributed by atoms with Crippen molar-refractivity contribution in [2.75, 3.05) is 0 Å². The maximum Gasteiger partial charge on any atom is 0.139 e. The normalized spacial score (nSPS) is 11.6. The maximum atomic E-state index is 10.5. The number of hydrogen-bond donors (Lipinski definition) is 2. The molecule has 146 valence electrons. The third-order valence-electron chi connectivity index (χ3n) is 4.70. The minimum absolute atomic E-state index is 0.0865. The number of phenolic OH excluding ortho intramolecular Hbond substituents is 2. The van der Waals surface area contributed by atoms with Crippen molar-refractivity contribution < 1.29 is 10.2 Å². The summed E-state index contributed by atoms with van der Waals surface area (Å²) in [4.78, 5) is 8.99. The molecule has 0 fully saturated rings. The lowest BCUT2D eigenvalue weighted by atomic mass is 10.0. The van der Waals surface area contributed by atoms with Crippen LogP contribution < -0.4 is 0 Å². The highest BCUT2D eigenvalue weighted by Crippen LogP contribution is 2.39. The molecule has 3 aromatic carbocycles. The topological polar surface area (TPSA) is 65.7 Å². The summed E-state index contributed by atoms with van der Waals surface area (Å²) in [6, 6.07) is 13.0. The van der Waals surface area contributed by atoms with Crippen LogP contribution in [-0.2, 0) is 0 Å². The number of aromatic hydroxyl groups is 2. The summed E-state index contributed by atoms with van der Waals surface area (Å²) in [5.74, 6) is 0.186. The summed E-state index contributed by atoms with van der Waals surface area (Å²) in [6.45, 7) is 3.66. The van der Waals surface area contributed by atoms with Crippen LogP contribution in [0.2, 0.25) is 5.02 Å². The lowest BCUT2D eigenvalue weighted by molar-refractivity contribution is 0.470. The first-order valence-corrected chi connectivity index (χ1v) is 10.8. The number of aliphatic imine (C=N–C) groups is 1. The maximum absolute atomic E-state index is 10.5. The van der Waals surface area contributed by atoms with Gasteiger partial charge >= 0.3 is 0 Å². The van der Waals surface area contributed by atoms with Crippen molar-refractivity contribution in [2.45, 2.75) is 13.8 Å². The molecule has 4 aromatic rings. The van der Waals surface area contributed by atoms with Gasteiger partial charge in [-0.3, -0.25) is 4.99 Å². The lowest BCUT2D eigenvalue weighted by Gasteiger charge is -2.12. The molecule has 0 unspecified atom stereocenters. The van der Waals surface area contributed by atoms with Gasteiger partial charge < -0.3 is 10.2 Å². The van der Waals surface area contributed by atoms with Crippen LogP contribution in [-0.4, -0.2) is 21.4 Å². The van der Waals surface area contributed by atoms with Crippen molar-refractivity contribution in [3.8, 4) is 22.1 Å². The fourth-order valence-corrected chi connectivity index (χ4v) is 4.76. The van der Waals surface area contributed by atoms with E-state index in [1.165, 1.54) is 11.3 Å². The van der Waals surface area contributed by atoms with Gasteiger partial charge in [-0.25, -0.2) is 4.98 Å². The van der Waals surface area contributed by atoms with Gasteiger partial charge in [-0.2, -0.15) is 0 Å². The zero-order chi connectivity index (χ0) is 20.7. The van der Waals surface area contributed by atoms with Gasteiger partial charge in [0, 0.05) is 22.9 Å². The van der Waals surface area contributed by atoms with E-state index in [9.17, 15) is 10.2 Å². The van der Waals surface area contributed by atoms with E-state index in [4.69, 9.17) is 11.6 Å². The molecule has 0 aliphatic carbocycles. The van der Waals surface area contributed by atoms with E-state index in [-0.39, 0.29) is 11.5 Å². The molecule has 4 rings (SSSR count). The number of fused-ring (bicyclic) bond motifs is 1. The van der Waals surface area contributed by atoms with Gasteiger partial charge in [-0.1, -0.05) is 23.7 Å². The molecule has 29 heavy (non-hydrogen) atoms. The van der Waals surface area contributed by atoms with Crippen molar-refractivity contribution >= 4 is 61.0 Å². The monoisotopic (exact) mass is 486 g/mol. The molecule has 1 aromatic heterocycles. The zero-order valence-electron chi connectivity index (χ0n) is 15.6. The number of nitrogens with zero attached hydrogens (tertiary/aromatic N) is 2. The van der Waals surface area contributed by atoms with Crippen LogP contribution in [0.25, 0.3) is 20.8 Å². The molecule has 4 nitrogen and oxygen atoms in total. The Hall–Kier alpha value is -2.41. The molecule has 0 saturated carbocycles. The zero-order valence-corrected chi connectivity index (χ0v) is 18.7. The van der Waals surface area contributed by atoms with Crippen LogP contribution in [0.5, 0.6) is 11.5 Å². The highest BCUT2D eigenvalue weighted by molar-refractivity contribution is 9.10. The number of aromatic nitrogens is 1. The molecular weight excluding hydrogens is 472 g/mol. The Kier molecular flexibility index (Phi) is 5.34. The number of hydrogen-bond acceptors (Lipinski definition) is 5. The molecule has 0 radical (unpaired) electrons. The van der Waals surface area contributed by atoms with Gasteiger partial charge in [0.15, 0.2) is 0 Å². The number of halogens is 2. The fourth-order valence-electron chi connectivity index (χ4n) is 3.03. The Morgan fingerprint density at radius 1 is 1.10 bits per heavy atom. The molecule has 2 N–H and O–H groups in total. The van der Waals surface area contributed by atoms with Gasteiger partial charge in [-0.15, -0.1) is 11.3 Å². The lowest BCUT2D eigenvalue weighted by Crippen LogP contribution is -1.94. The standard InChI is InChI=1S/C22H16BrClN2O2S/c1-11-15(21(28)19(23)12(2)20(11)24)10-25-13-7-8-14(17(27)9-13)22-26-16-5-3-4-6-18(16)29-22/h3-10,27-28H,1-2H3. The first kappa shape index (κ1) is 19.9. The quantitative estimate of drug-likeness (QED) is 0.301. The summed E-state index contributed by atoms with van der Waals surface area (Å²) in [5.41, 5.74) is 4.16. The van der Waals surface area contributed by atoms with Crippen molar-refractivity contribution in [1.82, 2.24) is 4.98 Å². The molecule has 0 bridgehead atoms. The number of rotatable bonds is 3. The summed E-state index contributed by atoms with van der Waals surface area (Å²) < 4.78 is 1.61. The molecule has 0 amide bonds. The van der Waals surface area contributed by atoms with Crippen LogP contribution >= 0.6 is 38.9 Å². The second kappa shape index (κ2) is 7.78. The predicted octanol–water partition coefficient (Wildman–Crippen LogP) is 7.16. The molecule has 0 aliphatic rings. The van der Waals surface area contributed by atoms with E-state index in [1.54, 1.807) is 24.4 Å². The van der Waals surface area contributed by atoms with E-state index in [0.29, 0.717) is 26.3 Å². The molecule has 0 atom stereocenters. The fraction of sp³-hybridized carbons (Fsp3) is 0.0909. The van der Waals surface area contributed by atoms with Crippen molar-refractivity contribution in [3.63, 3.8) is 0 Å². The third-order valence-corrected chi connectivity index (χ3v) is 7.31. The molecular formula is C22H16BrClN2O2S. The van der Waals surface area contributed by atoms with Gasteiger partial charge in [0.2, 0.25) is 0 Å². The first-order chi connectivity index (χ1) is 13.9. The summed E-state index contributed by atoms with van der Waals surface area (Å²) in [5, 5.41) is 22.3. The minimum atomic E-state index is 0.0865. The van der Waals surface area contributed by atoms with E-state index in [2.05, 4.69) is 25.9 Å². The number of benzene rings is 3. The second-order valence-electron chi connectivity index (χ2n) is 6.59. The Labute approximate surface area is 185 Å². The number of para-hydroxylation sites is 1. The van der Waals surface area contributed by atoms with Crippen LogP contribution in [0.3, 0.4) is 0 Å². The Morgan fingerprint density at radius 2 is 1.86 bits per heavy atom. The summed E-state index contributed by atoms with van der Waals surface area (Å²) >= 11 is 11.2. The van der Waals surface area contributed by atoms with Crippen molar-refractivity contribution in [3.05, 3.63) is 68.7 Å². The van der Waals surface area contributed by atoms with Crippen LogP contribution in [0.1, 0.15) is 16.7 Å². The van der Waals surface area contributed by atoms with Crippen LogP contribution in [0.4, 0.5) is 5.69 Å². The second-order valence-corrected chi connectivity index (χ2v) is 8.79. The first-order valence-electron chi connectivity index (χ1n) is 8.77. The molecule has 0 saturated heterocycles. The molecule has 0 aliphatic heterocycles. The molecule has 7 heteroatoms. The van der Waals surface area contributed by atoms with Crippen molar-refractivity contribution in [2.24, 2.45) is 4.99 Å². The van der Waals surface area contributed by atoms with Crippen LogP contribution in [0, 0.1) is 13.8 Å². The van der Waals surface area contributed by atoms with Gasteiger partial charge in [0.05, 0.1) is 25.9 Å². The van der Waals surface area contributed by atoms with Gasteiger partial charge in [-0.05, 0) is 65.2 Å². The summed E-state index contributed by atoms with van der Waals surface area (Å²) in [7, 11) is 0. The smallest absolute Gasteiger partial charge is 0.139 e. The van der Waals surface area contributed by atoms with Crippen molar-refractivity contribution in [1.29, 1.82) is 0 Å². The molecule has 1 heterocycles. The Morgan fingerprint density at radius 3 is 2.59 bits per heavy atom. The van der Waals surface area contributed by atoms with E-state index < -0.39 is 0 Å². The SMILES string of the molecule is Cc1c(Cl)c(C)c(C=Nc2ccc(-c3nc4ccccc4s3)c(O)c2)c(O)c1Br. The van der Waals surface area contributed by atoms with Crippen LogP contribution in [0.15, 0.2) is 51.9 Å². The summed E-state index contributed by atoms with van der Waals surface area (Å²) in [6.07, 6.45) is 1.55. The van der Waals surface area contributed by atoms with E-state index in [1.807, 2.05) is 38.1 Å². The predicted molar refractivity (Wildman–Crippen MR) is 124 cm³/mol. The molecule has 0 spiro atoms. The highest BCUT2D eigenvalue weighted by Gasteiger charge is 2.16. The van der Waals surface area contributed by atoms with E-state index in [0.717, 1.165) is 26.4 Å². The van der Waals surface area contributed by atoms with Gasteiger partial charge in [0.1, 0.15) is 16.5 Å². The third kappa shape index (κ3) is 3.64.